The van der Waals surface area contributed by atoms with Gasteiger partial charge in [0.25, 0.3) is 11.8 Å². The summed E-state index contributed by atoms with van der Waals surface area (Å²) in [5.74, 6) is -2.89. The largest absolute Gasteiger partial charge is 0.504 e. The number of nitrogens with one attached hydrogen (secondary N) is 1. The van der Waals surface area contributed by atoms with Gasteiger partial charge in [-0.3, -0.25) is 15.0 Å². The Kier molecular flexibility index (Phi) is 8.03. The highest BCUT2D eigenvalue weighted by molar-refractivity contribution is 6.36. The van der Waals surface area contributed by atoms with E-state index in [1.54, 1.807) is 84.9 Å². The molecular formula is C38H31Cl2N5O7. The molecule has 8 rings (SSSR count). The normalized spacial score (nSPS) is 22.0. The summed E-state index contributed by atoms with van der Waals surface area (Å²) in [5, 5.41) is 13.3. The highest BCUT2D eigenvalue weighted by Crippen LogP contribution is 2.63. The van der Waals surface area contributed by atoms with Gasteiger partial charge in [-0.25, -0.2) is 23.5 Å². The number of methoxy groups -OCH3 is 2. The SMILES string of the molecule is COc1ccc([C@@]23C(=O)N(Nc4ccc(Cl)cc4Cl)C(=O)[C@@H]2C[C@@H]2C(=CCn4c(=O)n(-c5ccccc5)c(=O)n42)[C@@H]3c2cccc(OC)c2O)cc1. The smallest absolute Gasteiger partial charge is 0.352 e. The van der Waals surface area contributed by atoms with Crippen LogP contribution in [-0.4, -0.2) is 50.1 Å². The predicted octanol–water partition coefficient (Wildman–Crippen LogP) is 5.45. The highest BCUT2D eigenvalue weighted by Gasteiger charge is 2.69. The molecule has 0 bridgehead atoms. The molecule has 3 heterocycles. The number of ether oxygens (including phenoxy) is 2. The number of anilines is 1. The fraction of sp³-hybridized carbons (Fsp3) is 0.211. The third-order valence-corrected chi connectivity index (χ3v) is 11.0. The molecule has 12 nitrogen and oxygen atoms in total. The Bertz CT molecular complexity index is 2420. The van der Waals surface area contributed by atoms with E-state index in [1.165, 1.54) is 29.6 Å². The number of phenolic OH excluding ortho intramolecular Hbond substituents is 1. The Morgan fingerprint density at radius 2 is 1.62 bits per heavy atom. The topological polar surface area (TPSA) is 137 Å². The third-order valence-electron chi connectivity index (χ3n) is 10.4. The first kappa shape index (κ1) is 33.4. The Morgan fingerprint density at radius 3 is 2.31 bits per heavy atom. The number of imide groups is 1. The van der Waals surface area contributed by atoms with Crippen molar-refractivity contribution in [1.29, 1.82) is 0 Å². The van der Waals surface area contributed by atoms with E-state index in [9.17, 15) is 19.5 Å². The van der Waals surface area contributed by atoms with Crippen molar-refractivity contribution in [2.24, 2.45) is 5.92 Å². The number of hydrazine groups is 1. The lowest BCUT2D eigenvalue weighted by atomic mass is 9.53. The van der Waals surface area contributed by atoms with E-state index < -0.39 is 46.5 Å². The number of aromatic hydroxyl groups is 1. The Balaban J connectivity index is 1.40. The molecule has 0 spiro atoms. The predicted molar refractivity (Wildman–Crippen MR) is 194 cm³/mol. The van der Waals surface area contributed by atoms with Crippen molar-refractivity contribution in [3.05, 3.63) is 145 Å². The fourth-order valence-corrected chi connectivity index (χ4v) is 8.64. The van der Waals surface area contributed by atoms with Gasteiger partial charge in [-0.1, -0.05) is 71.7 Å². The molecular weight excluding hydrogens is 709 g/mol. The van der Waals surface area contributed by atoms with Crippen LogP contribution in [0.4, 0.5) is 5.69 Å². The van der Waals surface area contributed by atoms with Crippen LogP contribution in [0.15, 0.2) is 112 Å². The van der Waals surface area contributed by atoms with Crippen LogP contribution in [0.1, 0.15) is 29.5 Å². The summed E-state index contributed by atoms with van der Waals surface area (Å²) in [6.45, 7) is -0.00515. The van der Waals surface area contributed by atoms with Gasteiger partial charge < -0.3 is 14.6 Å². The zero-order chi connectivity index (χ0) is 36.5. The van der Waals surface area contributed by atoms with Crippen molar-refractivity contribution in [2.75, 3.05) is 19.6 Å². The lowest BCUT2D eigenvalue weighted by molar-refractivity contribution is -0.138. The number of phenols is 1. The first-order valence-corrected chi connectivity index (χ1v) is 17.2. The van der Waals surface area contributed by atoms with E-state index in [0.29, 0.717) is 33.2 Å². The molecule has 2 amide bonds. The van der Waals surface area contributed by atoms with Crippen molar-refractivity contribution in [2.45, 2.75) is 30.3 Å². The minimum absolute atomic E-state index is 0.00515. The molecule has 4 aromatic carbocycles. The zero-order valence-electron chi connectivity index (χ0n) is 27.8. The molecule has 0 unspecified atom stereocenters. The van der Waals surface area contributed by atoms with Gasteiger partial charge in [0, 0.05) is 16.5 Å². The second-order valence-electron chi connectivity index (χ2n) is 12.8. The van der Waals surface area contributed by atoms with Gasteiger partial charge in [0.05, 0.1) is 54.5 Å². The number of allylic oxidation sites excluding steroid dienone is 2. The molecule has 264 valence electrons. The summed E-state index contributed by atoms with van der Waals surface area (Å²) in [6.07, 6.45) is 1.78. The molecule has 3 aliphatic rings. The molecule has 2 N–H and O–H groups in total. The summed E-state index contributed by atoms with van der Waals surface area (Å²) in [5.41, 5.74) is 2.14. The molecule has 1 saturated carbocycles. The van der Waals surface area contributed by atoms with Crippen LogP contribution in [0.5, 0.6) is 17.2 Å². The summed E-state index contributed by atoms with van der Waals surface area (Å²) < 4.78 is 14.8. The standard InChI is InChI=1S/C38H31Cl2N5O7/c1-51-24-14-11-21(12-15-24)38-27(34(47)44(35(38)48)41-29-16-13-22(39)19-28(29)40)20-30-25(32(38)26-9-6-10-31(52-2)33(26)46)17-18-42-36(49)43(37(50)45(30)42)23-7-4-3-5-8-23/h3-17,19,27,30,32,41,46H,18,20H2,1-2H3/t27-,30+,32+,38+/m0/s1. The maximum absolute atomic E-state index is 15.4. The molecule has 4 atom stereocenters. The first-order valence-electron chi connectivity index (χ1n) is 16.4. The van der Waals surface area contributed by atoms with E-state index in [1.807, 2.05) is 6.08 Å². The highest BCUT2D eigenvalue weighted by atomic mass is 35.5. The molecule has 14 heteroatoms. The number of benzene rings is 4. The molecule has 2 aliphatic heterocycles. The second-order valence-corrected chi connectivity index (χ2v) is 13.7. The molecule has 1 saturated heterocycles. The lowest BCUT2D eigenvalue weighted by Gasteiger charge is -2.49. The number of carbonyl (C=O) groups excluding carboxylic acids is 2. The zero-order valence-corrected chi connectivity index (χ0v) is 29.3. The molecule has 1 aromatic heterocycles. The van der Waals surface area contributed by atoms with Crippen LogP contribution in [0, 0.1) is 5.92 Å². The average molecular weight is 741 g/mol. The van der Waals surface area contributed by atoms with Crippen LogP contribution in [0.2, 0.25) is 10.0 Å². The van der Waals surface area contributed by atoms with Gasteiger partial charge in [0.15, 0.2) is 11.5 Å². The van der Waals surface area contributed by atoms with Crippen LogP contribution in [0.25, 0.3) is 5.69 Å². The van der Waals surface area contributed by atoms with Crippen molar-refractivity contribution in [1.82, 2.24) is 18.9 Å². The summed E-state index contributed by atoms with van der Waals surface area (Å²) >= 11 is 12.7. The van der Waals surface area contributed by atoms with Crippen molar-refractivity contribution < 1.29 is 24.2 Å². The van der Waals surface area contributed by atoms with Crippen molar-refractivity contribution in [3.8, 4) is 22.9 Å². The minimum atomic E-state index is -1.67. The number of para-hydroxylation sites is 2. The minimum Gasteiger partial charge on any atom is -0.504 e. The number of hydrogen-bond donors (Lipinski definition) is 2. The summed E-state index contributed by atoms with van der Waals surface area (Å²) in [4.78, 5) is 58.4. The molecule has 5 aromatic rings. The van der Waals surface area contributed by atoms with E-state index in [2.05, 4.69) is 5.43 Å². The van der Waals surface area contributed by atoms with Gasteiger partial charge >= 0.3 is 11.4 Å². The quantitative estimate of drug-likeness (QED) is 0.166. The average Bonchev–Trinajstić information content (AvgIpc) is 3.54. The van der Waals surface area contributed by atoms with Gasteiger partial charge in [0.2, 0.25) is 0 Å². The van der Waals surface area contributed by atoms with Crippen molar-refractivity contribution >= 4 is 40.7 Å². The Morgan fingerprint density at radius 1 is 0.865 bits per heavy atom. The maximum atomic E-state index is 15.4. The fourth-order valence-electron chi connectivity index (χ4n) is 8.18. The number of hydrogen-bond acceptors (Lipinski definition) is 8. The molecule has 2 fully saturated rings. The van der Waals surface area contributed by atoms with Gasteiger partial charge in [-0.2, -0.15) is 5.01 Å². The van der Waals surface area contributed by atoms with Crippen LogP contribution in [0.3, 0.4) is 0 Å². The van der Waals surface area contributed by atoms with E-state index in [0.717, 1.165) is 9.58 Å². The number of rotatable bonds is 7. The molecule has 0 radical (unpaired) electrons. The van der Waals surface area contributed by atoms with Gasteiger partial charge in [-0.05, 0) is 66.1 Å². The number of fused-ring (bicyclic) bond motifs is 4. The first-order chi connectivity index (χ1) is 25.1. The van der Waals surface area contributed by atoms with Gasteiger partial charge in [0.1, 0.15) is 5.75 Å². The second kappa shape index (κ2) is 12.5. The Labute approximate surface area is 306 Å². The van der Waals surface area contributed by atoms with Crippen LogP contribution in [-0.2, 0) is 21.5 Å². The monoisotopic (exact) mass is 739 g/mol. The van der Waals surface area contributed by atoms with Gasteiger partial charge in [-0.15, -0.1) is 0 Å². The molecule has 1 aliphatic carbocycles. The Hall–Kier alpha value is -5.72. The number of carbonyl (C=O) groups is 2. The van der Waals surface area contributed by atoms with E-state index >= 15 is 4.79 Å². The number of aromatic nitrogens is 3. The lowest BCUT2D eigenvalue weighted by Crippen LogP contribution is -2.53. The van der Waals surface area contributed by atoms with E-state index in [4.69, 9.17) is 32.7 Å². The number of halogens is 2. The summed E-state index contributed by atoms with van der Waals surface area (Å²) in [6, 6.07) is 24.2. The van der Waals surface area contributed by atoms with Crippen molar-refractivity contribution in [3.63, 3.8) is 0 Å². The maximum Gasteiger partial charge on any atom is 0.352 e. The number of amides is 2. The van der Waals surface area contributed by atoms with Crippen LogP contribution >= 0.6 is 23.2 Å². The van der Waals surface area contributed by atoms with E-state index in [-0.39, 0.29) is 35.2 Å². The van der Waals surface area contributed by atoms with Crippen LogP contribution < -0.4 is 26.3 Å². The summed E-state index contributed by atoms with van der Waals surface area (Å²) in [7, 11) is 2.94. The number of nitrogens with zero attached hydrogens (tertiary/aromatic N) is 4. The third kappa shape index (κ3) is 4.74. The molecule has 52 heavy (non-hydrogen) atoms.